The zero-order chi connectivity index (χ0) is 9.35. The Bertz CT molecular complexity index is 190. The molecule has 0 aromatic rings. The zero-order valence-electron chi connectivity index (χ0n) is 6.68. The molecule has 1 saturated carbocycles. The molecule has 0 aromatic heterocycles. The van der Waals surface area contributed by atoms with Crippen molar-refractivity contribution in [2.75, 3.05) is 6.61 Å². The highest BCUT2D eigenvalue weighted by Gasteiger charge is 2.42. The van der Waals surface area contributed by atoms with E-state index in [2.05, 4.69) is 5.32 Å². The molecule has 0 spiro atoms. The van der Waals surface area contributed by atoms with Gasteiger partial charge in [-0.1, -0.05) is 0 Å². The molecule has 12 heavy (non-hydrogen) atoms. The lowest BCUT2D eigenvalue weighted by molar-refractivity contribution is -0.143. The van der Waals surface area contributed by atoms with Crippen LogP contribution in [0.2, 0.25) is 0 Å². The number of alkyl halides is 2. The number of carbonyl (C=O) groups is 1. The van der Waals surface area contributed by atoms with Crippen molar-refractivity contribution >= 4 is 5.91 Å². The molecule has 1 amide bonds. The third-order valence-corrected chi connectivity index (χ3v) is 1.87. The Kier molecular flexibility index (Phi) is 2.32. The second kappa shape index (κ2) is 2.97. The van der Waals surface area contributed by atoms with Gasteiger partial charge in [0.2, 0.25) is 0 Å². The first-order chi connectivity index (χ1) is 5.45. The Labute approximate surface area is 68.8 Å². The van der Waals surface area contributed by atoms with Crippen LogP contribution in [0.15, 0.2) is 0 Å². The van der Waals surface area contributed by atoms with Crippen molar-refractivity contribution in [1.82, 2.24) is 5.32 Å². The van der Waals surface area contributed by atoms with E-state index in [1.165, 1.54) is 0 Å². The second-order valence-corrected chi connectivity index (χ2v) is 3.15. The van der Waals surface area contributed by atoms with Gasteiger partial charge in [0.15, 0.2) is 0 Å². The van der Waals surface area contributed by atoms with Crippen LogP contribution >= 0.6 is 0 Å². The van der Waals surface area contributed by atoms with Gasteiger partial charge < -0.3 is 10.4 Å². The Morgan fingerprint density at radius 1 is 1.75 bits per heavy atom. The number of aliphatic hydroxyl groups excluding tert-OH is 1. The molecule has 0 heterocycles. The molecule has 0 saturated heterocycles. The maximum absolute atomic E-state index is 12.3. The lowest BCUT2D eigenvalue weighted by Gasteiger charge is -2.09. The predicted octanol–water partition coefficient (Wildman–Crippen LogP) is 0.139. The Balaban J connectivity index is 2.30. The number of aliphatic hydroxyl groups is 1. The summed E-state index contributed by atoms with van der Waals surface area (Å²) in [7, 11) is 0. The van der Waals surface area contributed by atoms with E-state index in [-0.39, 0.29) is 18.6 Å². The minimum absolute atomic E-state index is 0.0312. The highest BCUT2D eigenvalue weighted by Crippen LogP contribution is 2.30. The molecule has 1 aliphatic rings. The van der Waals surface area contributed by atoms with Crippen molar-refractivity contribution in [2.45, 2.75) is 25.3 Å². The van der Waals surface area contributed by atoms with Crippen LogP contribution < -0.4 is 5.32 Å². The van der Waals surface area contributed by atoms with Gasteiger partial charge in [0.25, 0.3) is 5.91 Å². The van der Waals surface area contributed by atoms with Crippen molar-refractivity contribution < 1.29 is 18.7 Å². The van der Waals surface area contributed by atoms with Crippen LogP contribution in [-0.2, 0) is 4.79 Å². The largest absolute Gasteiger partial charge is 0.396 e. The number of rotatable bonds is 3. The fourth-order valence-corrected chi connectivity index (χ4v) is 0.921. The molecule has 0 unspecified atom stereocenters. The molecule has 5 heteroatoms. The van der Waals surface area contributed by atoms with E-state index in [1.807, 2.05) is 0 Å². The van der Waals surface area contributed by atoms with Gasteiger partial charge >= 0.3 is 5.92 Å². The fraction of sp³-hybridized carbons (Fsp3) is 0.857. The summed E-state index contributed by atoms with van der Waals surface area (Å²) in [5.74, 6) is -4.61. The second-order valence-electron chi connectivity index (χ2n) is 3.15. The predicted molar refractivity (Wildman–Crippen MR) is 37.7 cm³/mol. The highest BCUT2D eigenvalue weighted by molar-refractivity contribution is 5.83. The topological polar surface area (TPSA) is 49.3 Å². The lowest BCUT2D eigenvalue weighted by atomic mass is 10.3. The van der Waals surface area contributed by atoms with Crippen LogP contribution in [-0.4, -0.2) is 29.6 Å². The van der Waals surface area contributed by atoms with Crippen LogP contribution in [0.25, 0.3) is 0 Å². The number of nitrogens with one attached hydrogen (secondary N) is 1. The van der Waals surface area contributed by atoms with Gasteiger partial charge in [-0.15, -0.1) is 0 Å². The zero-order valence-corrected chi connectivity index (χ0v) is 6.68. The minimum Gasteiger partial charge on any atom is -0.396 e. The highest BCUT2D eigenvalue weighted by atomic mass is 19.3. The third-order valence-electron chi connectivity index (χ3n) is 1.87. The smallest absolute Gasteiger partial charge is 0.321 e. The first-order valence-electron chi connectivity index (χ1n) is 3.75. The van der Waals surface area contributed by atoms with Crippen LogP contribution in [0.3, 0.4) is 0 Å². The van der Waals surface area contributed by atoms with Crippen molar-refractivity contribution in [3.8, 4) is 0 Å². The van der Waals surface area contributed by atoms with Crippen LogP contribution in [0, 0.1) is 5.92 Å². The summed E-state index contributed by atoms with van der Waals surface area (Å²) in [5, 5.41) is 10.7. The van der Waals surface area contributed by atoms with Gasteiger partial charge in [0.1, 0.15) is 0 Å². The average molecular weight is 179 g/mol. The summed E-state index contributed by atoms with van der Waals surface area (Å²) in [6.45, 7) is 0.499. The molecule has 2 atom stereocenters. The van der Waals surface area contributed by atoms with Gasteiger partial charge in [0, 0.05) is 25.5 Å². The van der Waals surface area contributed by atoms with E-state index in [0.717, 1.165) is 0 Å². The van der Waals surface area contributed by atoms with Crippen molar-refractivity contribution in [1.29, 1.82) is 0 Å². The van der Waals surface area contributed by atoms with Gasteiger partial charge in [-0.2, -0.15) is 8.78 Å². The van der Waals surface area contributed by atoms with Gasteiger partial charge in [-0.05, 0) is 6.42 Å². The third kappa shape index (κ3) is 2.14. The van der Waals surface area contributed by atoms with E-state index in [4.69, 9.17) is 5.11 Å². The summed E-state index contributed by atoms with van der Waals surface area (Å²) < 4.78 is 24.5. The molecule has 0 aromatic carbocycles. The quantitative estimate of drug-likeness (QED) is 0.647. The Hall–Kier alpha value is -0.710. The van der Waals surface area contributed by atoms with Crippen LogP contribution in [0.5, 0.6) is 0 Å². The average Bonchev–Trinajstić information content (AvgIpc) is 2.65. The van der Waals surface area contributed by atoms with Gasteiger partial charge in [-0.25, -0.2) is 0 Å². The number of carbonyl (C=O) groups excluding carboxylic acids is 1. The molecular formula is C7H11F2NO2. The van der Waals surface area contributed by atoms with Crippen molar-refractivity contribution in [2.24, 2.45) is 5.92 Å². The van der Waals surface area contributed by atoms with Crippen LogP contribution in [0.1, 0.15) is 13.3 Å². The van der Waals surface area contributed by atoms with Crippen LogP contribution in [0.4, 0.5) is 8.78 Å². The van der Waals surface area contributed by atoms with Crippen molar-refractivity contribution in [3.63, 3.8) is 0 Å². The van der Waals surface area contributed by atoms with E-state index in [0.29, 0.717) is 13.3 Å². The number of amides is 1. The summed E-state index contributed by atoms with van der Waals surface area (Å²) >= 11 is 0. The molecule has 0 aliphatic heterocycles. The van der Waals surface area contributed by atoms with Gasteiger partial charge in [0.05, 0.1) is 0 Å². The summed E-state index contributed by atoms with van der Waals surface area (Å²) in [4.78, 5) is 10.6. The van der Waals surface area contributed by atoms with E-state index < -0.39 is 11.8 Å². The minimum atomic E-state index is -3.32. The number of halogens is 2. The molecular weight excluding hydrogens is 168 g/mol. The molecule has 70 valence electrons. The van der Waals surface area contributed by atoms with Crippen molar-refractivity contribution in [3.05, 3.63) is 0 Å². The summed E-state index contributed by atoms with van der Waals surface area (Å²) in [6.07, 6.45) is 0.596. The molecule has 2 N–H and O–H groups in total. The fourth-order valence-electron chi connectivity index (χ4n) is 0.921. The number of hydrogen-bond donors (Lipinski definition) is 2. The first-order valence-corrected chi connectivity index (χ1v) is 3.75. The van der Waals surface area contributed by atoms with E-state index >= 15 is 0 Å². The molecule has 0 bridgehead atoms. The maximum atomic E-state index is 12.3. The monoisotopic (exact) mass is 179 g/mol. The molecule has 1 aliphatic carbocycles. The van der Waals surface area contributed by atoms with Gasteiger partial charge in [-0.3, -0.25) is 4.79 Å². The summed E-state index contributed by atoms with van der Waals surface area (Å²) in [6, 6.07) is -0.256. The summed E-state index contributed by atoms with van der Waals surface area (Å²) in [5.41, 5.74) is 0. The van der Waals surface area contributed by atoms with E-state index in [1.54, 1.807) is 0 Å². The SMILES string of the molecule is CC(F)(F)C(=O)N[C@@H]1C[C@H]1CO. The molecule has 0 radical (unpaired) electrons. The Morgan fingerprint density at radius 3 is 2.67 bits per heavy atom. The lowest BCUT2D eigenvalue weighted by Crippen LogP contribution is -2.39. The molecule has 1 rings (SSSR count). The van der Waals surface area contributed by atoms with E-state index in [9.17, 15) is 13.6 Å². The molecule has 3 nitrogen and oxygen atoms in total. The normalized spacial score (nSPS) is 28.3. The Morgan fingerprint density at radius 2 is 2.33 bits per heavy atom. The molecule has 1 fully saturated rings. The standard InChI is InChI=1S/C7H11F2NO2/c1-7(8,9)6(12)10-5-2-4(5)3-11/h4-5,11H,2-3H2,1H3,(H,10,12)/t4-,5+/m0/s1. The maximum Gasteiger partial charge on any atom is 0.321 e. The number of hydrogen-bond acceptors (Lipinski definition) is 2. The first kappa shape index (κ1) is 9.38.